The van der Waals surface area contributed by atoms with E-state index < -0.39 is 32.5 Å². The van der Waals surface area contributed by atoms with Crippen LogP contribution in [-0.4, -0.2) is 46.8 Å². The van der Waals surface area contributed by atoms with Crippen molar-refractivity contribution in [2.24, 2.45) is 0 Å². The van der Waals surface area contributed by atoms with Crippen LogP contribution in [0.5, 0.6) is 0 Å². The monoisotopic (exact) mass is 656 g/mol. The lowest BCUT2D eigenvalue weighted by molar-refractivity contribution is -0.161. The largest absolute Gasteiger partial charge is 0.469 e. The van der Waals surface area contributed by atoms with Crippen molar-refractivity contribution < 1.29 is 42.7 Å². The van der Waals surface area contributed by atoms with E-state index in [1.807, 2.05) is 6.08 Å². The summed E-state index contributed by atoms with van der Waals surface area (Å²) in [5.41, 5.74) is 0. The highest BCUT2D eigenvalue weighted by Crippen LogP contribution is 2.35. The van der Waals surface area contributed by atoms with Crippen molar-refractivity contribution in [1.29, 1.82) is 0 Å². The van der Waals surface area contributed by atoms with E-state index in [1.165, 1.54) is 12.8 Å². The number of unbranched alkanes of at least 4 members (excludes halogenated alkanes) is 14. The molecule has 0 saturated carbocycles. The van der Waals surface area contributed by atoms with E-state index in [-0.39, 0.29) is 25.2 Å². The lowest BCUT2D eigenvalue weighted by Crippen LogP contribution is -2.29. The van der Waals surface area contributed by atoms with Crippen molar-refractivity contribution in [1.82, 2.24) is 0 Å². The Labute approximate surface area is 272 Å². The zero-order valence-corrected chi connectivity index (χ0v) is 28.9. The molecule has 0 bridgehead atoms. The number of phosphoric ester groups is 1. The van der Waals surface area contributed by atoms with Gasteiger partial charge in [-0.05, 0) is 57.4 Å². The highest BCUT2D eigenvalue weighted by atomic mass is 31.2. The number of hydrogen-bond acceptors (Lipinski definition) is 7. The molecule has 1 atom stereocenters. The summed E-state index contributed by atoms with van der Waals surface area (Å²) in [6.07, 6.45) is 29.9. The third-order valence-electron chi connectivity index (χ3n) is 7.11. The summed E-state index contributed by atoms with van der Waals surface area (Å²) in [6.45, 7) is 3.42. The fourth-order valence-electron chi connectivity index (χ4n) is 4.45. The van der Waals surface area contributed by atoms with Crippen LogP contribution in [0.1, 0.15) is 149 Å². The van der Waals surface area contributed by atoms with Gasteiger partial charge in [-0.2, -0.15) is 0 Å². The molecule has 0 aliphatic heterocycles. The molecule has 0 aromatic carbocycles. The van der Waals surface area contributed by atoms with Gasteiger partial charge in [-0.1, -0.05) is 108 Å². The molecule has 9 nitrogen and oxygen atoms in total. The Morgan fingerprint density at radius 3 is 1.78 bits per heavy atom. The highest BCUT2D eigenvalue weighted by Gasteiger charge is 2.22. The molecular formula is C35H61O9P. The van der Waals surface area contributed by atoms with E-state index in [4.69, 9.17) is 19.3 Å². The molecule has 0 radical (unpaired) electrons. The van der Waals surface area contributed by atoms with E-state index in [0.717, 1.165) is 89.9 Å². The minimum absolute atomic E-state index is 0.172. The lowest BCUT2D eigenvalue weighted by atomic mass is 10.1. The standard InChI is InChI=1S/C35H61O9P/c1-3-5-7-8-9-10-11-14-18-21-25-29-35(38)44-33(31-43-45(39,40)41)30-42-34(37)28-24-20-17-15-12-13-16-19-23-27-32(36)26-22-6-4-2/h8-9,16,19,23,27,33H,3-7,10-15,17-18,20-22,24-26,28-31H2,1-2H3,(H2,39,40,41)/b9-8-,19-16-,27-23+/t33-/m1/s1. The molecule has 0 spiro atoms. The van der Waals surface area contributed by atoms with Gasteiger partial charge in [0.2, 0.25) is 0 Å². The minimum atomic E-state index is -4.76. The molecule has 0 aromatic rings. The zero-order chi connectivity index (χ0) is 33.4. The van der Waals surface area contributed by atoms with Gasteiger partial charge in [0.15, 0.2) is 11.9 Å². The molecule has 0 aromatic heterocycles. The van der Waals surface area contributed by atoms with Crippen LogP contribution in [0.2, 0.25) is 0 Å². The molecule has 260 valence electrons. The van der Waals surface area contributed by atoms with Gasteiger partial charge >= 0.3 is 19.8 Å². The lowest BCUT2D eigenvalue weighted by Gasteiger charge is -2.18. The minimum Gasteiger partial charge on any atom is -0.462 e. The van der Waals surface area contributed by atoms with Crippen molar-refractivity contribution in [2.75, 3.05) is 13.2 Å². The number of ether oxygens (including phenoxy) is 2. The Morgan fingerprint density at radius 1 is 0.622 bits per heavy atom. The highest BCUT2D eigenvalue weighted by molar-refractivity contribution is 7.46. The van der Waals surface area contributed by atoms with E-state index in [1.54, 1.807) is 12.2 Å². The number of carbonyl (C=O) groups is 3. The van der Waals surface area contributed by atoms with E-state index in [0.29, 0.717) is 19.3 Å². The first-order valence-electron chi connectivity index (χ1n) is 17.2. The average Bonchev–Trinajstić information content (AvgIpc) is 2.99. The molecular weight excluding hydrogens is 595 g/mol. The molecule has 10 heteroatoms. The summed E-state index contributed by atoms with van der Waals surface area (Å²) < 4.78 is 26.1. The number of phosphoric acid groups is 1. The van der Waals surface area contributed by atoms with Crippen molar-refractivity contribution >= 4 is 25.5 Å². The summed E-state index contributed by atoms with van der Waals surface area (Å²) in [6, 6.07) is 0. The average molecular weight is 657 g/mol. The second-order valence-corrected chi connectivity index (χ2v) is 12.8. The van der Waals surface area contributed by atoms with Crippen LogP contribution in [0, 0.1) is 0 Å². The SMILES string of the molecule is CCCC/C=C\CCCCCCCC(=O)O[C@H](COC(=O)CCCCCCC/C=C\C=C\C(=O)CCCCC)COP(=O)(O)O. The number of allylic oxidation sites excluding steroid dienone is 6. The molecule has 0 amide bonds. The van der Waals surface area contributed by atoms with Gasteiger partial charge in [0.05, 0.1) is 6.61 Å². The maximum Gasteiger partial charge on any atom is 0.469 e. The first kappa shape index (κ1) is 42.9. The topological polar surface area (TPSA) is 136 Å². The fourth-order valence-corrected chi connectivity index (χ4v) is 4.81. The predicted molar refractivity (Wildman–Crippen MR) is 180 cm³/mol. The van der Waals surface area contributed by atoms with Crippen LogP contribution in [0.4, 0.5) is 0 Å². The summed E-state index contributed by atoms with van der Waals surface area (Å²) >= 11 is 0. The van der Waals surface area contributed by atoms with Gasteiger partial charge in [0.25, 0.3) is 0 Å². The number of rotatable bonds is 31. The Hall–Kier alpha value is -2.06. The van der Waals surface area contributed by atoms with Crippen LogP contribution < -0.4 is 0 Å². The van der Waals surface area contributed by atoms with Crippen LogP contribution in [-0.2, 0) is 32.9 Å². The first-order chi connectivity index (χ1) is 21.7. The van der Waals surface area contributed by atoms with Crippen molar-refractivity contribution in [3.63, 3.8) is 0 Å². The number of carbonyl (C=O) groups excluding carboxylic acids is 3. The molecule has 45 heavy (non-hydrogen) atoms. The van der Waals surface area contributed by atoms with E-state index in [2.05, 4.69) is 36.6 Å². The molecule has 0 saturated heterocycles. The van der Waals surface area contributed by atoms with Crippen molar-refractivity contribution in [3.05, 3.63) is 36.5 Å². The van der Waals surface area contributed by atoms with Gasteiger partial charge in [-0.3, -0.25) is 18.9 Å². The third-order valence-corrected chi connectivity index (χ3v) is 7.59. The fraction of sp³-hybridized carbons (Fsp3) is 0.743. The smallest absolute Gasteiger partial charge is 0.462 e. The van der Waals surface area contributed by atoms with Crippen molar-refractivity contribution in [3.8, 4) is 0 Å². The molecule has 0 fully saturated rings. The Morgan fingerprint density at radius 2 is 1.16 bits per heavy atom. The van der Waals surface area contributed by atoms with Crippen LogP contribution in [0.3, 0.4) is 0 Å². The van der Waals surface area contributed by atoms with E-state index >= 15 is 0 Å². The van der Waals surface area contributed by atoms with Crippen LogP contribution in [0.15, 0.2) is 36.5 Å². The second-order valence-electron chi connectivity index (χ2n) is 11.5. The van der Waals surface area contributed by atoms with Crippen molar-refractivity contribution in [2.45, 2.75) is 155 Å². The maximum atomic E-state index is 12.3. The molecule has 0 aliphatic carbocycles. The predicted octanol–water partition coefficient (Wildman–Crippen LogP) is 9.02. The molecule has 2 N–H and O–H groups in total. The third kappa shape index (κ3) is 33.1. The van der Waals surface area contributed by atoms with Crippen LogP contribution in [0.25, 0.3) is 0 Å². The zero-order valence-electron chi connectivity index (χ0n) is 28.0. The number of hydrogen-bond donors (Lipinski definition) is 2. The van der Waals surface area contributed by atoms with Gasteiger partial charge in [-0.25, -0.2) is 4.57 Å². The molecule has 0 heterocycles. The summed E-state index contributed by atoms with van der Waals surface area (Å²) in [7, 11) is -4.76. The number of ketones is 1. The Kier molecular flexibility index (Phi) is 29.2. The van der Waals surface area contributed by atoms with Crippen LogP contribution >= 0.6 is 7.82 Å². The normalized spacial score (nSPS) is 12.8. The van der Waals surface area contributed by atoms with Gasteiger partial charge in [0, 0.05) is 19.3 Å². The summed E-state index contributed by atoms with van der Waals surface area (Å²) in [5, 5.41) is 0. The molecule has 0 aliphatic rings. The second kappa shape index (κ2) is 30.6. The quantitative estimate of drug-likeness (QED) is 0.0187. The number of esters is 2. The van der Waals surface area contributed by atoms with Gasteiger partial charge in [0.1, 0.15) is 6.61 Å². The maximum absolute atomic E-state index is 12.3. The summed E-state index contributed by atoms with van der Waals surface area (Å²) in [4.78, 5) is 54.2. The van der Waals surface area contributed by atoms with E-state index in [9.17, 15) is 18.9 Å². The Balaban J connectivity index is 4.09. The molecule has 0 rings (SSSR count). The van der Waals surface area contributed by atoms with Gasteiger partial charge < -0.3 is 19.3 Å². The summed E-state index contributed by atoms with van der Waals surface area (Å²) in [5.74, 6) is -0.789. The first-order valence-corrected chi connectivity index (χ1v) is 18.8. The Bertz CT molecular complexity index is 892. The molecule has 0 unspecified atom stereocenters. The van der Waals surface area contributed by atoms with Gasteiger partial charge in [-0.15, -0.1) is 0 Å².